The molecule has 0 heterocycles. The van der Waals surface area contributed by atoms with Crippen molar-refractivity contribution in [1.29, 1.82) is 0 Å². The van der Waals surface area contributed by atoms with Crippen LogP contribution in [0.15, 0.2) is 0 Å². The second-order valence-electron chi connectivity index (χ2n) is 3.38. The van der Waals surface area contributed by atoms with E-state index in [-0.39, 0.29) is 23.8 Å². The lowest BCUT2D eigenvalue weighted by Crippen LogP contribution is -2.07. The van der Waals surface area contributed by atoms with Crippen molar-refractivity contribution in [3.8, 4) is 0 Å². The molecule has 2 atom stereocenters. The summed E-state index contributed by atoms with van der Waals surface area (Å²) in [6, 6.07) is 0. The van der Waals surface area contributed by atoms with Gasteiger partial charge in [0.15, 0.2) is 0 Å². The van der Waals surface area contributed by atoms with Gasteiger partial charge >= 0.3 is 11.9 Å². The highest BCUT2D eigenvalue weighted by atomic mass is 79.9. The van der Waals surface area contributed by atoms with Gasteiger partial charge < -0.3 is 9.47 Å². The molecular weight excluding hydrogens is 252 g/mol. The number of rotatable bonds is 4. The minimum atomic E-state index is -0.275. The van der Waals surface area contributed by atoms with Crippen molar-refractivity contribution in [2.45, 2.75) is 18.7 Å². The summed E-state index contributed by atoms with van der Waals surface area (Å²) >= 11 is 3.43. The largest absolute Gasteiger partial charge is 0.466 e. The summed E-state index contributed by atoms with van der Waals surface area (Å²) in [6.45, 7) is 3.56. The van der Waals surface area contributed by atoms with E-state index in [1.165, 1.54) is 13.8 Å². The molecule has 1 aliphatic carbocycles. The average molecular weight is 265 g/mol. The van der Waals surface area contributed by atoms with Crippen LogP contribution in [0.1, 0.15) is 13.8 Å². The molecule has 5 heteroatoms. The van der Waals surface area contributed by atoms with Crippen LogP contribution in [0.2, 0.25) is 0 Å². The van der Waals surface area contributed by atoms with Crippen molar-refractivity contribution >= 4 is 27.9 Å². The van der Waals surface area contributed by atoms with E-state index in [1.54, 1.807) is 0 Å². The number of carbonyl (C=O) groups excluding carboxylic acids is 2. The normalized spacial score (nSPS) is 29.5. The lowest BCUT2D eigenvalue weighted by Gasteiger charge is -2.01. The number of carbonyl (C=O) groups is 2. The minimum absolute atomic E-state index is 0.275. The Hall–Kier alpha value is -0.580. The van der Waals surface area contributed by atoms with Crippen molar-refractivity contribution in [3.05, 3.63) is 0 Å². The molecule has 1 rings (SSSR count). The number of alkyl halides is 1. The summed E-state index contributed by atoms with van der Waals surface area (Å²) in [7, 11) is 0. The van der Waals surface area contributed by atoms with Gasteiger partial charge in [0.05, 0.1) is 13.2 Å². The highest BCUT2D eigenvalue weighted by Crippen LogP contribution is 2.45. The Morgan fingerprint density at radius 1 is 1.07 bits per heavy atom. The van der Waals surface area contributed by atoms with Gasteiger partial charge in [0.25, 0.3) is 0 Å². The maximum absolute atomic E-state index is 10.5. The summed E-state index contributed by atoms with van der Waals surface area (Å²) in [5.74, 6) is 0.00201. The number of esters is 2. The zero-order valence-electron chi connectivity index (χ0n) is 8.16. The maximum Gasteiger partial charge on any atom is 0.302 e. The van der Waals surface area contributed by atoms with E-state index in [4.69, 9.17) is 9.47 Å². The lowest BCUT2D eigenvalue weighted by molar-refractivity contribution is -0.143. The first-order valence-corrected chi connectivity index (χ1v) is 5.34. The van der Waals surface area contributed by atoms with Crippen LogP contribution in [0.3, 0.4) is 0 Å². The van der Waals surface area contributed by atoms with Crippen LogP contribution < -0.4 is 0 Å². The zero-order valence-corrected chi connectivity index (χ0v) is 9.74. The first-order valence-electron chi connectivity index (χ1n) is 4.43. The Balaban J connectivity index is 2.17. The van der Waals surface area contributed by atoms with Crippen molar-refractivity contribution in [2.75, 3.05) is 13.2 Å². The van der Waals surface area contributed by atoms with Gasteiger partial charge in [-0.15, -0.1) is 0 Å². The molecule has 4 nitrogen and oxygen atoms in total. The third-order valence-electron chi connectivity index (χ3n) is 2.19. The monoisotopic (exact) mass is 264 g/mol. The van der Waals surface area contributed by atoms with Gasteiger partial charge in [-0.3, -0.25) is 9.59 Å². The topological polar surface area (TPSA) is 52.6 Å². The van der Waals surface area contributed by atoms with Crippen LogP contribution in [0.25, 0.3) is 0 Å². The summed E-state index contributed by atoms with van der Waals surface area (Å²) in [5, 5.41) is 0. The molecule has 0 saturated heterocycles. The van der Waals surface area contributed by atoms with E-state index in [9.17, 15) is 9.59 Å². The number of hydrogen-bond donors (Lipinski definition) is 0. The molecule has 0 aromatic rings. The van der Waals surface area contributed by atoms with Crippen molar-refractivity contribution in [1.82, 2.24) is 0 Å². The molecule has 1 fully saturated rings. The highest BCUT2D eigenvalue weighted by Gasteiger charge is 2.49. The van der Waals surface area contributed by atoms with Crippen LogP contribution in [0, 0.1) is 11.8 Å². The zero-order chi connectivity index (χ0) is 10.7. The lowest BCUT2D eigenvalue weighted by atomic mass is 10.3. The van der Waals surface area contributed by atoms with E-state index in [0.717, 1.165) is 0 Å². The van der Waals surface area contributed by atoms with Gasteiger partial charge in [-0.2, -0.15) is 0 Å². The first kappa shape index (κ1) is 11.5. The average Bonchev–Trinajstić information content (AvgIpc) is 2.69. The number of ether oxygens (including phenoxy) is 2. The molecule has 0 aromatic heterocycles. The summed E-state index contributed by atoms with van der Waals surface area (Å²) < 4.78 is 9.73. The highest BCUT2D eigenvalue weighted by molar-refractivity contribution is 9.09. The Kier molecular flexibility index (Phi) is 3.92. The van der Waals surface area contributed by atoms with E-state index in [0.29, 0.717) is 18.0 Å². The smallest absolute Gasteiger partial charge is 0.302 e. The Bertz CT molecular complexity index is 217. The van der Waals surface area contributed by atoms with Crippen LogP contribution in [-0.2, 0) is 19.1 Å². The van der Waals surface area contributed by atoms with Crippen molar-refractivity contribution in [2.24, 2.45) is 11.8 Å². The van der Waals surface area contributed by atoms with E-state index >= 15 is 0 Å². The predicted molar refractivity (Wildman–Crippen MR) is 53.0 cm³/mol. The second kappa shape index (κ2) is 4.77. The summed E-state index contributed by atoms with van der Waals surface area (Å²) in [4.78, 5) is 21.4. The molecule has 14 heavy (non-hydrogen) atoms. The maximum atomic E-state index is 10.5. The summed E-state index contributed by atoms with van der Waals surface area (Å²) in [6.07, 6.45) is 0. The van der Waals surface area contributed by atoms with Gasteiger partial charge in [0, 0.05) is 30.5 Å². The van der Waals surface area contributed by atoms with E-state index in [2.05, 4.69) is 15.9 Å². The van der Waals surface area contributed by atoms with E-state index in [1.807, 2.05) is 0 Å². The molecular formula is C9H13BrO4. The van der Waals surface area contributed by atoms with Gasteiger partial charge in [-0.25, -0.2) is 0 Å². The number of hydrogen-bond acceptors (Lipinski definition) is 4. The molecule has 0 bridgehead atoms. The van der Waals surface area contributed by atoms with E-state index < -0.39 is 0 Å². The van der Waals surface area contributed by atoms with Crippen LogP contribution in [0.4, 0.5) is 0 Å². The van der Waals surface area contributed by atoms with Gasteiger partial charge in [-0.1, -0.05) is 15.9 Å². The SMILES string of the molecule is CC(=O)OCC1C(Br)C1COC(C)=O. The van der Waals surface area contributed by atoms with Gasteiger partial charge in [0.1, 0.15) is 0 Å². The molecule has 2 unspecified atom stereocenters. The molecule has 0 aromatic carbocycles. The summed E-state index contributed by atoms with van der Waals surface area (Å²) in [5.41, 5.74) is 0. The fraction of sp³-hybridized carbons (Fsp3) is 0.778. The predicted octanol–water partition coefficient (Wildman–Crippen LogP) is 1.12. The third kappa shape index (κ3) is 3.29. The molecule has 1 saturated carbocycles. The van der Waals surface area contributed by atoms with Crippen LogP contribution >= 0.6 is 15.9 Å². The molecule has 0 spiro atoms. The number of halogens is 1. The van der Waals surface area contributed by atoms with Gasteiger partial charge in [0.2, 0.25) is 0 Å². The van der Waals surface area contributed by atoms with Crippen molar-refractivity contribution < 1.29 is 19.1 Å². The Labute approximate surface area is 91.1 Å². The third-order valence-corrected chi connectivity index (χ3v) is 3.54. The quantitative estimate of drug-likeness (QED) is 0.564. The Morgan fingerprint density at radius 2 is 1.43 bits per heavy atom. The molecule has 0 radical (unpaired) electrons. The standard InChI is InChI=1S/C9H13BrO4/c1-5(11)13-3-7-8(9(7)10)4-14-6(2)12/h7-9H,3-4H2,1-2H3. The second-order valence-corrected chi connectivity index (χ2v) is 4.43. The molecule has 0 N–H and O–H groups in total. The Morgan fingerprint density at radius 3 is 1.71 bits per heavy atom. The van der Waals surface area contributed by atoms with Crippen LogP contribution in [0.5, 0.6) is 0 Å². The molecule has 80 valence electrons. The fourth-order valence-electron chi connectivity index (χ4n) is 1.26. The minimum Gasteiger partial charge on any atom is -0.466 e. The molecule has 1 aliphatic rings. The molecule has 0 aliphatic heterocycles. The first-order chi connectivity index (χ1) is 6.52. The van der Waals surface area contributed by atoms with Crippen LogP contribution in [-0.4, -0.2) is 30.0 Å². The molecule has 0 amide bonds. The fourth-order valence-corrected chi connectivity index (χ4v) is 2.17. The van der Waals surface area contributed by atoms with Crippen molar-refractivity contribution in [3.63, 3.8) is 0 Å². The van der Waals surface area contributed by atoms with Gasteiger partial charge in [-0.05, 0) is 0 Å².